The molecule has 0 aromatic carbocycles. The maximum Gasteiger partial charge on any atom is 0.0785 e. The summed E-state index contributed by atoms with van der Waals surface area (Å²) in [5.74, 6) is 1.20. The summed E-state index contributed by atoms with van der Waals surface area (Å²) in [6, 6.07) is 0. The first-order chi connectivity index (χ1) is 4.97. The molecule has 0 bridgehead atoms. The monoisotopic (exact) mass is 160 g/mol. The van der Waals surface area contributed by atoms with Gasteiger partial charge in [0.15, 0.2) is 0 Å². The second kappa shape index (κ2) is 3.11. The zero-order valence-electron chi connectivity index (χ0n) is 5.91. The Kier molecular flexibility index (Phi) is 2.16. The summed E-state index contributed by atoms with van der Waals surface area (Å²) in [6.45, 7) is 2.51. The first-order valence-electron chi connectivity index (χ1n) is 3.78. The average Bonchev–Trinajstić information content (AvgIpc) is 1.89. The van der Waals surface area contributed by atoms with Crippen LogP contribution in [0.4, 0.5) is 0 Å². The third-order valence-electron chi connectivity index (χ3n) is 2.00. The smallest absolute Gasteiger partial charge is 0.0785 e. The number of hydrogen-bond acceptors (Lipinski definition) is 3. The maximum atomic E-state index is 5.54. The van der Waals surface area contributed by atoms with Crippen molar-refractivity contribution in [1.29, 1.82) is 0 Å². The molecule has 0 radical (unpaired) electrons. The number of rotatable bonds is 0. The van der Waals surface area contributed by atoms with Gasteiger partial charge in [-0.05, 0) is 6.42 Å². The summed E-state index contributed by atoms with van der Waals surface area (Å²) in [7, 11) is 0. The first kappa shape index (κ1) is 6.95. The highest BCUT2D eigenvalue weighted by Crippen LogP contribution is 2.33. The van der Waals surface area contributed by atoms with Crippen molar-refractivity contribution >= 4 is 11.8 Å². The molecule has 2 heterocycles. The Bertz CT molecular complexity index is 104. The van der Waals surface area contributed by atoms with Gasteiger partial charge in [-0.2, -0.15) is 11.8 Å². The van der Waals surface area contributed by atoms with E-state index >= 15 is 0 Å². The third kappa shape index (κ3) is 1.31. The van der Waals surface area contributed by atoms with E-state index in [0.717, 1.165) is 25.1 Å². The minimum atomic E-state index is 0.550. The van der Waals surface area contributed by atoms with Crippen LogP contribution in [0.5, 0.6) is 0 Å². The van der Waals surface area contributed by atoms with Crippen LogP contribution in [0.1, 0.15) is 6.42 Å². The van der Waals surface area contributed by atoms with Gasteiger partial charge in [0.05, 0.1) is 19.3 Å². The van der Waals surface area contributed by atoms with E-state index in [9.17, 15) is 0 Å². The zero-order chi connectivity index (χ0) is 6.81. The highest BCUT2D eigenvalue weighted by atomic mass is 32.2. The third-order valence-corrected chi connectivity index (χ3v) is 3.48. The van der Waals surface area contributed by atoms with Crippen LogP contribution in [0.2, 0.25) is 0 Å². The topological polar surface area (TPSA) is 18.5 Å². The van der Waals surface area contributed by atoms with Crippen LogP contribution in [-0.2, 0) is 9.47 Å². The fraction of sp³-hybridized carbons (Fsp3) is 1.00. The highest BCUT2D eigenvalue weighted by Gasteiger charge is 2.32. The summed E-state index contributed by atoms with van der Waals surface area (Å²) in [5, 5.41) is 0.736. The normalized spacial score (nSPS) is 40.8. The summed E-state index contributed by atoms with van der Waals surface area (Å²) in [4.78, 5) is 0. The molecule has 0 amide bonds. The van der Waals surface area contributed by atoms with E-state index in [0.29, 0.717) is 6.10 Å². The van der Waals surface area contributed by atoms with Crippen LogP contribution in [0.25, 0.3) is 0 Å². The van der Waals surface area contributed by atoms with Crippen molar-refractivity contribution in [3.63, 3.8) is 0 Å². The Balaban J connectivity index is 1.83. The van der Waals surface area contributed by atoms with Crippen molar-refractivity contribution in [3.8, 4) is 0 Å². The molecule has 2 aliphatic heterocycles. The molecule has 0 N–H and O–H groups in total. The lowest BCUT2D eigenvalue weighted by molar-refractivity contribution is -0.0173. The second-order valence-electron chi connectivity index (χ2n) is 2.68. The van der Waals surface area contributed by atoms with Gasteiger partial charge in [0.1, 0.15) is 0 Å². The number of hydrogen-bond donors (Lipinski definition) is 0. The number of fused-ring (bicyclic) bond motifs is 1. The molecule has 0 aromatic heterocycles. The SMILES string of the molecule is C1COC2CSC2CCO1. The Morgan fingerprint density at radius 1 is 1.20 bits per heavy atom. The average molecular weight is 160 g/mol. The van der Waals surface area contributed by atoms with Gasteiger partial charge in [-0.1, -0.05) is 0 Å². The molecular weight excluding hydrogens is 148 g/mol. The van der Waals surface area contributed by atoms with Crippen LogP contribution in [0.3, 0.4) is 0 Å². The zero-order valence-corrected chi connectivity index (χ0v) is 6.73. The molecular formula is C7H12O2S. The molecule has 0 saturated carbocycles. The quantitative estimate of drug-likeness (QED) is 0.524. The van der Waals surface area contributed by atoms with Crippen LogP contribution in [0, 0.1) is 0 Å². The van der Waals surface area contributed by atoms with Gasteiger partial charge in [-0.25, -0.2) is 0 Å². The van der Waals surface area contributed by atoms with E-state index in [1.54, 1.807) is 0 Å². The van der Waals surface area contributed by atoms with Gasteiger partial charge in [-0.3, -0.25) is 0 Å². The largest absolute Gasteiger partial charge is 0.379 e. The molecule has 2 atom stereocenters. The van der Waals surface area contributed by atoms with Crippen LogP contribution >= 0.6 is 11.8 Å². The molecule has 2 rings (SSSR count). The lowest BCUT2D eigenvalue weighted by Gasteiger charge is -2.37. The molecule has 2 nitrogen and oxygen atoms in total. The molecule has 0 spiro atoms. The summed E-state index contributed by atoms with van der Waals surface area (Å²) in [6.07, 6.45) is 1.73. The second-order valence-corrected chi connectivity index (χ2v) is 3.95. The summed E-state index contributed by atoms with van der Waals surface area (Å²) in [5.41, 5.74) is 0. The van der Waals surface area contributed by atoms with E-state index in [-0.39, 0.29) is 0 Å². The van der Waals surface area contributed by atoms with Crippen LogP contribution in [0.15, 0.2) is 0 Å². The molecule has 58 valence electrons. The minimum absolute atomic E-state index is 0.550. The van der Waals surface area contributed by atoms with Gasteiger partial charge in [0.25, 0.3) is 0 Å². The number of thioether (sulfide) groups is 1. The van der Waals surface area contributed by atoms with Crippen molar-refractivity contribution in [3.05, 3.63) is 0 Å². The van der Waals surface area contributed by atoms with E-state index in [1.807, 2.05) is 11.8 Å². The molecule has 2 aliphatic rings. The van der Waals surface area contributed by atoms with Crippen molar-refractivity contribution in [2.24, 2.45) is 0 Å². The molecule has 0 aliphatic carbocycles. The van der Waals surface area contributed by atoms with E-state index < -0.39 is 0 Å². The van der Waals surface area contributed by atoms with Crippen LogP contribution < -0.4 is 0 Å². The van der Waals surface area contributed by atoms with Crippen molar-refractivity contribution in [1.82, 2.24) is 0 Å². The fourth-order valence-electron chi connectivity index (χ4n) is 1.30. The van der Waals surface area contributed by atoms with Crippen molar-refractivity contribution < 1.29 is 9.47 Å². The summed E-state index contributed by atoms with van der Waals surface area (Å²) < 4.78 is 10.8. The molecule has 10 heavy (non-hydrogen) atoms. The molecule has 2 saturated heterocycles. The van der Waals surface area contributed by atoms with E-state index in [2.05, 4.69) is 0 Å². The minimum Gasteiger partial charge on any atom is -0.379 e. The van der Waals surface area contributed by atoms with Crippen molar-refractivity contribution in [2.45, 2.75) is 17.8 Å². The molecule has 0 aromatic rings. The maximum absolute atomic E-state index is 5.54. The van der Waals surface area contributed by atoms with E-state index in [4.69, 9.17) is 9.47 Å². The predicted molar refractivity (Wildman–Crippen MR) is 41.4 cm³/mol. The van der Waals surface area contributed by atoms with Gasteiger partial charge < -0.3 is 9.47 Å². The standard InChI is InChI=1S/C7H12O2S/c1-2-8-3-4-9-6-5-10-7(1)6/h6-7H,1-5H2. The van der Waals surface area contributed by atoms with Crippen molar-refractivity contribution in [2.75, 3.05) is 25.6 Å². The summed E-state index contributed by atoms with van der Waals surface area (Å²) >= 11 is 2.01. The Labute approximate surface area is 65.3 Å². The highest BCUT2D eigenvalue weighted by molar-refractivity contribution is 8.01. The lowest BCUT2D eigenvalue weighted by atomic mass is 10.2. The van der Waals surface area contributed by atoms with Gasteiger partial charge in [0.2, 0.25) is 0 Å². The van der Waals surface area contributed by atoms with Gasteiger partial charge in [0, 0.05) is 17.6 Å². The van der Waals surface area contributed by atoms with Gasteiger partial charge >= 0.3 is 0 Å². The Hall–Kier alpha value is 0.270. The predicted octanol–water partition coefficient (Wildman–Crippen LogP) is 0.907. The molecule has 3 heteroatoms. The van der Waals surface area contributed by atoms with Gasteiger partial charge in [-0.15, -0.1) is 0 Å². The van der Waals surface area contributed by atoms with E-state index in [1.165, 1.54) is 12.2 Å². The number of ether oxygens (including phenoxy) is 2. The Morgan fingerprint density at radius 3 is 3.00 bits per heavy atom. The lowest BCUT2D eigenvalue weighted by Crippen LogP contribution is -2.41. The first-order valence-corrected chi connectivity index (χ1v) is 4.82. The Morgan fingerprint density at radius 2 is 2.20 bits per heavy atom. The molecule has 2 unspecified atom stereocenters. The fourth-order valence-corrected chi connectivity index (χ4v) is 2.35. The molecule has 2 fully saturated rings. The van der Waals surface area contributed by atoms with Crippen LogP contribution in [-0.4, -0.2) is 36.9 Å².